The third kappa shape index (κ3) is 4.51. The Morgan fingerprint density at radius 2 is 2.00 bits per heavy atom. The molecular formula is C25H34ClN3O. The van der Waals surface area contributed by atoms with Crippen LogP contribution in [-0.2, 0) is 11.2 Å². The number of nitrogens with zero attached hydrogens (tertiary/aromatic N) is 2. The number of aryl methyl sites for hydroxylation is 2. The lowest BCUT2D eigenvalue weighted by Gasteiger charge is -2.37. The van der Waals surface area contributed by atoms with Crippen molar-refractivity contribution in [1.82, 2.24) is 15.1 Å². The Bertz CT molecular complexity index is 867. The van der Waals surface area contributed by atoms with E-state index >= 15 is 0 Å². The van der Waals surface area contributed by atoms with Crippen molar-refractivity contribution >= 4 is 17.5 Å². The molecule has 4 rings (SSSR count). The number of allylic oxidation sites excluding steroid dienone is 1. The largest absolute Gasteiger partial charge is 0.340 e. The van der Waals surface area contributed by atoms with E-state index in [4.69, 9.17) is 11.6 Å². The predicted octanol–water partition coefficient (Wildman–Crippen LogP) is 3.98. The number of piperazine rings is 1. The second-order valence-corrected chi connectivity index (χ2v) is 9.98. The van der Waals surface area contributed by atoms with Crippen LogP contribution >= 0.6 is 11.6 Å². The smallest absolute Gasteiger partial charge is 0.230 e. The zero-order chi connectivity index (χ0) is 21.3. The topological polar surface area (TPSA) is 35.6 Å². The molecular weight excluding hydrogens is 394 g/mol. The van der Waals surface area contributed by atoms with Gasteiger partial charge >= 0.3 is 0 Å². The maximum Gasteiger partial charge on any atom is 0.230 e. The molecule has 1 atom stereocenters. The normalized spacial score (nSPS) is 22.5. The van der Waals surface area contributed by atoms with Gasteiger partial charge in [-0.3, -0.25) is 9.69 Å². The average Bonchev–Trinajstić information content (AvgIpc) is 3.20. The summed E-state index contributed by atoms with van der Waals surface area (Å²) in [5.41, 5.74) is 5.20. The number of rotatable bonds is 5. The second kappa shape index (κ2) is 8.86. The van der Waals surface area contributed by atoms with Crippen molar-refractivity contribution in [1.29, 1.82) is 0 Å². The fraction of sp³-hybridized carbons (Fsp3) is 0.560. The molecule has 0 spiro atoms. The fourth-order valence-corrected chi connectivity index (χ4v) is 5.04. The molecule has 0 radical (unpaired) electrons. The Labute approximate surface area is 186 Å². The molecule has 5 heteroatoms. The fourth-order valence-electron chi connectivity index (χ4n) is 4.84. The summed E-state index contributed by atoms with van der Waals surface area (Å²) in [5.74, 6) is 0.349. The monoisotopic (exact) mass is 427 g/mol. The number of amides is 1. The van der Waals surface area contributed by atoms with Gasteiger partial charge in [0, 0.05) is 49.8 Å². The van der Waals surface area contributed by atoms with Crippen molar-refractivity contribution in [3.05, 3.63) is 57.6 Å². The van der Waals surface area contributed by atoms with Crippen molar-refractivity contribution in [2.45, 2.75) is 45.6 Å². The van der Waals surface area contributed by atoms with Crippen molar-refractivity contribution in [3.63, 3.8) is 0 Å². The molecule has 4 nitrogen and oxygen atoms in total. The van der Waals surface area contributed by atoms with E-state index in [1.54, 1.807) is 0 Å². The summed E-state index contributed by atoms with van der Waals surface area (Å²) in [6.07, 6.45) is 7.37. The lowest BCUT2D eigenvalue weighted by atomic mass is 9.87. The first kappa shape index (κ1) is 21.6. The minimum absolute atomic E-state index is 0.0276. The zero-order valence-electron chi connectivity index (χ0n) is 18.5. The molecule has 0 saturated carbocycles. The summed E-state index contributed by atoms with van der Waals surface area (Å²) in [4.78, 5) is 17.8. The molecule has 2 aliphatic heterocycles. The lowest BCUT2D eigenvalue weighted by Crippen LogP contribution is -2.49. The molecule has 1 aromatic rings. The van der Waals surface area contributed by atoms with Gasteiger partial charge in [-0.15, -0.1) is 0 Å². The molecule has 0 bridgehead atoms. The number of benzene rings is 1. The summed E-state index contributed by atoms with van der Waals surface area (Å²) in [5, 5.41) is 4.19. The van der Waals surface area contributed by atoms with Gasteiger partial charge in [0.25, 0.3) is 0 Å². The SMILES string of the molecule is Cc1ccc(CCC(C)(C)N2CC3=C(C2)[C@@H](C(=O)N2CCNCC2)CC=C3)cc1Cl. The van der Waals surface area contributed by atoms with E-state index in [2.05, 4.69) is 59.3 Å². The molecule has 1 N–H and O–H groups in total. The van der Waals surface area contributed by atoms with Gasteiger partial charge in [-0.1, -0.05) is 35.9 Å². The lowest BCUT2D eigenvalue weighted by molar-refractivity contribution is -0.134. The van der Waals surface area contributed by atoms with E-state index in [1.165, 1.54) is 16.7 Å². The highest BCUT2D eigenvalue weighted by atomic mass is 35.5. The number of carbonyl (C=O) groups excluding carboxylic acids is 1. The van der Waals surface area contributed by atoms with Crippen LogP contribution in [0.15, 0.2) is 41.5 Å². The van der Waals surface area contributed by atoms with E-state index in [0.717, 1.165) is 69.1 Å². The quantitative estimate of drug-likeness (QED) is 0.772. The highest BCUT2D eigenvalue weighted by Crippen LogP contribution is 2.37. The highest BCUT2D eigenvalue weighted by Gasteiger charge is 2.39. The summed E-state index contributed by atoms with van der Waals surface area (Å²) < 4.78 is 0. The van der Waals surface area contributed by atoms with Crippen molar-refractivity contribution < 1.29 is 4.79 Å². The van der Waals surface area contributed by atoms with Gasteiger partial charge in [0.05, 0.1) is 5.92 Å². The van der Waals surface area contributed by atoms with Gasteiger partial charge in [-0.05, 0) is 68.4 Å². The Morgan fingerprint density at radius 3 is 2.73 bits per heavy atom. The van der Waals surface area contributed by atoms with Crippen LogP contribution in [-0.4, -0.2) is 60.5 Å². The van der Waals surface area contributed by atoms with Crippen LogP contribution in [0, 0.1) is 12.8 Å². The van der Waals surface area contributed by atoms with Crippen LogP contribution in [0.4, 0.5) is 0 Å². The molecule has 1 amide bonds. The summed E-state index contributed by atoms with van der Waals surface area (Å²) >= 11 is 6.32. The number of hydrogen-bond acceptors (Lipinski definition) is 3. The molecule has 1 aliphatic carbocycles. The number of hydrogen-bond donors (Lipinski definition) is 1. The number of nitrogens with one attached hydrogen (secondary N) is 1. The van der Waals surface area contributed by atoms with E-state index in [-0.39, 0.29) is 11.5 Å². The zero-order valence-corrected chi connectivity index (χ0v) is 19.3. The molecule has 2 heterocycles. The van der Waals surface area contributed by atoms with E-state index in [0.29, 0.717) is 5.91 Å². The number of halogens is 1. The third-order valence-electron chi connectivity index (χ3n) is 7.09. The van der Waals surface area contributed by atoms with E-state index < -0.39 is 0 Å². The van der Waals surface area contributed by atoms with Crippen molar-refractivity contribution in [2.75, 3.05) is 39.3 Å². The average molecular weight is 428 g/mol. The first-order valence-corrected chi connectivity index (χ1v) is 11.6. The summed E-state index contributed by atoms with van der Waals surface area (Å²) in [6.45, 7) is 12.0. The van der Waals surface area contributed by atoms with Crippen LogP contribution in [0.5, 0.6) is 0 Å². The van der Waals surface area contributed by atoms with Gasteiger partial charge in [0.2, 0.25) is 5.91 Å². The first-order valence-electron chi connectivity index (χ1n) is 11.2. The molecule has 1 saturated heterocycles. The third-order valence-corrected chi connectivity index (χ3v) is 7.50. The highest BCUT2D eigenvalue weighted by molar-refractivity contribution is 6.31. The second-order valence-electron chi connectivity index (χ2n) is 9.57. The van der Waals surface area contributed by atoms with Gasteiger partial charge in [0.15, 0.2) is 0 Å². The maximum absolute atomic E-state index is 13.2. The van der Waals surface area contributed by atoms with E-state index in [9.17, 15) is 4.79 Å². The van der Waals surface area contributed by atoms with Crippen LogP contribution in [0.3, 0.4) is 0 Å². The minimum atomic E-state index is 0.0276. The molecule has 30 heavy (non-hydrogen) atoms. The molecule has 0 unspecified atom stereocenters. The first-order chi connectivity index (χ1) is 14.3. The van der Waals surface area contributed by atoms with Crippen LogP contribution in [0.25, 0.3) is 0 Å². The van der Waals surface area contributed by atoms with Gasteiger partial charge in [0.1, 0.15) is 0 Å². The van der Waals surface area contributed by atoms with Crippen LogP contribution in [0.2, 0.25) is 5.02 Å². The Balaban J connectivity index is 1.41. The summed E-state index contributed by atoms with van der Waals surface area (Å²) in [6, 6.07) is 6.40. The number of carbonyl (C=O) groups is 1. The van der Waals surface area contributed by atoms with Gasteiger partial charge in [-0.25, -0.2) is 0 Å². The molecule has 162 valence electrons. The molecule has 3 aliphatic rings. The van der Waals surface area contributed by atoms with Crippen molar-refractivity contribution in [3.8, 4) is 0 Å². The van der Waals surface area contributed by atoms with E-state index in [1.807, 2.05) is 6.92 Å². The molecule has 1 fully saturated rings. The van der Waals surface area contributed by atoms with Crippen molar-refractivity contribution in [2.24, 2.45) is 5.92 Å². The van der Waals surface area contributed by atoms with Gasteiger partial charge < -0.3 is 10.2 Å². The van der Waals surface area contributed by atoms with Crippen LogP contribution < -0.4 is 5.32 Å². The molecule has 1 aromatic carbocycles. The Hall–Kier alpha value is -1.62. The Morgan fingerprint density at radius 1 is 1.23 bits per heavy atom. The maximum atomic E-state index is 13.2. The standard InChI is InChI=1S/C25H34ClN3O/c1-18-7-8-19(15-23(18)26)9-10-25(2,3)29-16-20-5-4-6-21(22(20)17-29)24(30)28-13-11-27-12-14-28/h4-5,7-8,15,21,27H,6,9-14,16-17H2,1-3H3/t21-/m0/s1. The molecule has 0 aromatic heterocycles. The minimum Gasteiger partial charge on any atom is -0.340 e. The summed E-state index contributed by atoms with van der Waals surface area (Å²) in [7, 11) is 0. The Kier molecular flexibility index (Phi) is 6.38. The predicted molar refractivity (Wildman–Crippen MR) is 124 cm³/mol. The van der Waals surface area contributed by atoms with Gasteiger partial charge in [-0.2, -0.15) is 0 Å². The van der Waals surface area contributed by atoms with Crippen LogP contribution in [0.1, 0.15) is 37.8 Å².